The van der Waals surface area contributed by atoms with E-state index in [1.165, 1.54) is 0 Å². The molecule has 0 bridgehead atoms. The van der Waals surface area contributed by atoms with Crippen molar-refractivity contribution in [2.75, 3.05) is 27.2 Å². The zero-order chi connectivity index (χ0) is 41.2. The Kier molecular flexibility index (Phi) is 10.8. The van der Waals surface area contributed by atoms with Gasteiger partial charge in [0, 0.05) is 24.2 Å². The molecule has 300 valence electrons. The molecule has 2 amide bonds. The fourth-order valence-corrected chi connectivity index (χ4v) is 8.82. The Balaban J connectivity index is 0.863. The Morgan fingerprint density at radius 2 is 1.05 bits per heavy atom. The highest BCUT2D eigenvalue weighted by atomic mass is 16.2. The van der Waals surface area contributed by atoms with Crippen molar-refractivity contribution in [1.82, 2.24) is 34.6 Å². The Labute approximate surface area is 349 Å². The molecule has 0 spiro atoms. The van der Waals surface area contributed by atoms with Gasteiger partial charge in [0.2, 0.25) is 5.91 Å². The molecule has 7 aromatic rings. The predicted molar refractivity (Wildman–Crippen MR) is 233 cm³/mol. The smallest absolute Gasteiger partial charge is 0.255 e. The predicted octanol–water partition coefficient (Wildman–Crippen LogP) is 9.31. The quantitative estimate of drug-likeness (QED) is 0.126. The van der Waals surface area contributed by atoms with Crippen LogP contribution in [0.25, 0.3) is 33.6 Å². The molecule has 2 saturated heterocycles. The Morgan fingerprint density at radius 1 is 0.583 bits per heavy atom. The Bertz CT molecular complexity index is 2620. The number of aromatic amines is 2. The highest BCUT2D eigenvalue weighted by Gasteiger charge is 2.37. The molecule has 0 radical (unpaired) electrons. The lowest BCUT2D eigenvalue weighted by molar-refractivity contribution is -0.137. The number of nitrogens with one attached hydrogen (secondary N) is 2. The van der Waals surface area contributed by atoms with E-state index in [9.17, 15) is 14.4 Å². The van der Waals surface area contributed by atoms with E-state index >= 15 is 0 Å². The number of likely N-dealkylation sites (N-methyl/N-ethyl adjacent to an activating group) is 1. The van der Waals surface area contributed by atoms with Gasteiger partial charge >= 0.3 is 0 Å². The first-order valence-corrected chi connectivity index (χ1v) is 20.7. The minimum atomic E-state index is -0.352. The van der Waals surface area contributed by atoms with Gasteiger partial charge in [-0.1, -0.05) is 127 Å². The summed E-state index contributed by atoms with van der Waals surface area (Å²) in [6.45, 7) is 1.30. The van der Waals surface area contributed by atoms with E-state index in [-0.39, 0.29) is 35.7 Å². The van der Waals surface area contributed by atoms with Crippen molar-refractivity contribution >= 4 is 17.6 Å². The zero-order valence-electron chi connectivity index (χ0n) is 33.8. The van der Waals surface area contributed by atoms with Crippen LogP contribution in [0.1, 0.15) is 87.3 Å². The Hall–Kier alpha value is -6.91. The summed E-state index contributed by atoms with van der Waals surface area (Å²) in [4.78, 5) is 63.7. The second kappa shape index (κ2) is 16.8. The maximum Gasteiger partial charge on any atom is 0.255 e. The van der Waals surface area contributed by atoms with Gasteiger partial charge in [-0.05, 0) is 73.7 Å². The third-order valence-electron chi connectivity index (χ3n) is 11.9. The van der Waals surface area contributed by atoms with Gasteiger partial charge in [0.05, 0.1) is 41.4 Å². The molecule has 2 aliphatic heterocycles. The topological polar surface area (TPSA) is 118 Å². The molecular formula is C50H47N7O3. The lowest BCUT2D eigenvalue weighted by Gasteiger charge is -2.31. The van der Waals surface area contributed by atoms with Crippen molar-refractivity contribution < 1.29 is 14.4 Å². The monoisotopic (exact) mass is 793 g/mol. The number of H-pyrrole nitrogens is 2. The van der Waals surface area contributed by atoms with Gasteiger partial charge in [0.25, 0.3) is 5.91 Å². The number of likely N-dealkylation sites (tertiary alicyclic amines) is 2. The number of amides is 2. The summed E-state index contributed by atoms with van der Waals surface area (Å²) in [5, 5.41) is 0. The van der Waals surface area contributed by atoms with E-state index in [4.69, 9.17) is 9.97 Å². The summed E-state index contributed by atoms with van der Waals surface area (Å²) in [5.74, 6) is 1.32. The van der Waals surface area contributed by atoms with E-state index in [0.29, 0.717) is 29.8 Å². The third-order valence-corrected chi connectivity index (χ3v) is 11.9. The van der Waals surface area contributed by atoms with Crippen LogP contribution < -0.4 is 0 Å². The molecule has 2 fully saturated rings. The van der Waals surface area contributed by atoms with Gasteiger partial charge in [-0.2, -0.15) is 0 Å². The van der Waals surface area contributed by atoms with Crippen LogP contribution in [-0.2, 0) is 4.79 Å². The highest BCUT2D eigenvalue weighted by molar-refractivity contribution is 6.15. The summed E-state index contributed by atoms with van der Waals surface area (Å²) >= 11 is 0. The van der Waals surface area contributed by atoms with Crippen LogP contribution in [0.4, 0.5) is 0 Å². The minimum Gasteiger partial charge on any atom is -0.340 e. The van der Waals surface area contributed by atoms with E-state index in [1.54, 1.807) is 36.4 Å². The van der Waals surface area contributed by atoms with E-state index in [2.05, 4.69) is 58.5 Å². The molecule has 2 aromatic heterocycles. The van der Waals surface area contributed by atoms with Crippen LogP contribution in [0, 0.1) is 0 Å². The molecule has 5 aromatic carbocycles. The first-order chi connectivity index (χ1) is 29.3. The molecular weight excluding hydrogens is 747 g/mol. The van der Waals surface area contributed by atoms with Crippen molar-refractivity contribution in [1.29, 1.82) is 0 Å². The number of ketones is 1. The average Bonchev–Trinajstić information content (AvgIpc) is 4.14. The van der Waals surface area contributed by atoms with E-state index in [1.807, 2.05) is 89.7 Å². The van der Waals surface area contributed by atoms with Crippen LogP contribution in [0.3, 0.4) is 0 Å². The number of rotatable bonds is 11. The van der Waals surface area contributed by atoms with Gasteiger partial charge in [0.1, 0.15) is 17.7 Å². The van der Waals surface area contributed by atoms with Crippen LogP contribution in [0.5, 0.6) is 0 Å². The molecule has 2 N–H and O–H groups in total. The lowest BCUT2D eigenvalue weighted by atomic mass is 9.97. The third kappa shape index (κ3) is 7.57. The number of carbonyl (C=O) groups is 3. The van der Waals surface area contributed by atoms with Gasteiger partial charge in [0.15, 0.2) is 5.78 Å². The SMILES string of the molecule is CN(C)[C@@H](C(=O)N1CCC[C@H]1c1ncc(-c2ccc(-c3ccc(-c4cnc([C@@H]5CCCN5C(=O)c5ccccc5C(=O)c5ccccc5)[nH]4)cc3)cc2)[nH]1)c1ccccc1. The molecule has 4 heterocycles. The summed E-state index contributed by atoms with van der Waals surface area (Å²) in [6, 6.07) is 42.3. The van der Waals surface area contributed by atoms with Crippen molar-refractivity contribution in [3.8, 4) is 33.6 Å². The summed E-state index contributed by atoms with van der Waals surface area (Å²) < 4.78 is 0. The van der Waals surface area contributed by atoms with E-state index in [0.717, 1.165) is 76.5 Å². The molecule has 0 unspecified atom stereocenters. The van der Waals surface area contributed by atoms with Crippen molar-refractivity contribution in [2.24, 2.45) is 0 Å². The van der Waals surface area contributed by atoms with E-state index < -0.39 is 0 Å². The van der Waals surface area contributed by atoms with Crippen molar-refractivity contribution in [3.05, 3.63) is 180 Å². The first kappa shape index (κ1) is 38.6. The average molecular weight is 794 g/mol. The normalized spacial score (nSPS) is 17.0. The second-order valence-electron chi connectivity index (χ2n) is 15.9. The van der Waals surface area contributed by atoms with Crippen molar-refractivity contribution in [3.63, 3.8) is 0 Å². The number of aromatic nitrogens is 4. The first-order valence-electron chi connectivity index (χ1n) is 20.7. The minimum absolute atomic E-state index is 0.0961. The summed E-state index contributed by atoms with van der Waals surface area (Å²) in [7, 11) is 3.91. The van der Waals surface area contributed by atoms with Gasteiger partial charge in [-0.25, -0.2) is 9.97 Å². The number of hydrogen-bond donors (Lipinski definition) is 2. The van der Waals surface area contributed by atoms with Gasteiger partial charge in [-0.3, -0.25) is 19.3 Å². The molecule has 0 saturated carbocycles. The molecule has 0 aliphatic carbocycles. The fraction of sp³-hybridized carbons (Fsp3) is 0.220. The molecule has 60 heavy (non-hydrogen) atoms. The maximum absolute atomic E-state index is 14.0. The second-order valence-corrected chi connectivity index (χ2v) is 15.9. The number of imidazole rings is 2. The lowest BCUT2D eigenvalue weighted by Crippen LogP contribution is -2.40. The van der Waals surface area contributed by atoms with Crippen LogP contribution in [0.15, 0.2) is 146 Å². The largest absolute Gasteiger partial charge is 0.340 e. The Morgan fingerprint density at radius 3 is 1.60 bits per heavy atom. The highest BCUT2D eigenvalue weighted by Crippen LogP contribution is 2.37. The van der Waals surface area contributed by atoms with Gasteiger partial charge < -0.3 is 19.8 Å². The number of benzene rings is 5. The molecule has 3 atom stereocenters. The standard InChI is InChI=1S/C50H47N7O3/c1-55(2)45(37-13-5-3-6-14-37)50(60)57-30-12-20-44(57)48-52-32-42(54-48)36-27-23-34(24-28-36)33-21-25-35(26-22-33)41-31-51-47(53-41)43-19-11-29-56(43)49(59)40-18-10-9-17-39(40)46(58)38-15-7-4-8-16-38/h3-10,13-18,21-28,31-32,43-45H,11-12,19-20,29-30H2,1-2H3,(H,51,53)(H,52,54)/t43-,44-,45+/m0/s1. The summed E-state index contributed by atoms with van der Waals surface area (Å²) in [5.41, 5.74) is 8.34. The van der Waals surface area contributed by atoms with Gasteiger partial charge in [-0.15, -0.1) is 0 Å². The molecule has 10 heteroatoms. The molecule has 10 nitrogen and oxygen atoms in total. The summed E-state index contributed by atoms with van der Waals surface area (Å²) in [6.07, 6.45) is 7.14. The fourth-order valence-electron chi connectivity index (χ4n) is 8.82. The number of nitrogens with zero attached hydrogens (tertiary/aromatic N) is 5. The van der Waals surface area contributed by atoms with Crippen molar-refractivity contribution in [2.45, 2.75) is 43.8 Å². The maximum atomic E-state index is 14.0. The number of carbonyl (C=O) groups excluding carboxylic acids is 3. The van der Waals surface area contributed by atoms with Crippen LogP contribution >= 0.6 is 0 Å². The number of hydrogen-bond acceptors (Lipinski definition) is 6. The van der Waals surface area contributed by atoms with Crippen LogP contribution in [0.2, 0.25) is 0 Å². The molecule has 9 rings (SSSR count). The van der Waals surface area contributed by atoms with Crippen LogP contribution in [-0.4, -0.2) is 79.4 Å². The zero-order valence-corrected chi connectivity index (χ0v) is 33.8. The molecule has 2 aliphatic rings.